The second kappa shape index (κ2) is 10.2. The van der Waals surface area contributed by atoms with Gasteiger partial charge in [-0.3, -0.25) is 0 Å². The van der Waals surface area contributed by atoms with Crippen LogP contribution >= 0.6 is 0 Å². The molecule has 0 aliphatic heterocycles. The summed E-state index contributed by atoms with van der Waals surface area (Å²) in [6, 6.07) is 52.1. The maximum Gasteiger partial charge on any atom is 0.206 e. The van der Waals surface area contributed by atoms with Gasteiger partial charge in [0.25, 0.3) is 0 Å². The molecule has 0 radical (unpaired) electrons. The standard InChI is InChI=1S/C38H26O2S/c39-41(40,33-18-8-3-9-19-33)34-22-20-29(21-23-34)38-36-25-31-17-11-10-16-30(31)24-32(36)26-35(27-12-4-1-5-13-27)37(38)28-14-6-2-7-15-28/h1-26H. The van der Waals surface area contributed by atoms with Crippen LogP contribution in [0.25, 0.3) is 54.9 Å². The van der Waals surface area contributed by atoms with Gasteiger partial charge in [0.05, 0.1) is 9.79 Å². The van der Waals surface area contributed by atoms with Gasteiger partial charge in [0.15, 0.2) is 0 Å². The zero-order valence-electron chi connectivity index (χ0n) is 22.2. The van der Waals surface area contributed by atoms with Gasteiger partial charge in [-0.05, 0) is 97.4 Å². The smallest absolute Gasteiger partial charge is 0.206 e. The first-order valence-electron chi connectivity index (χ1n) is 13.6. The van der Waals surface area contributed by atoms with Crippen LogP contribution in [0.15, 0.2) is 168 Å². The second-order valence-electron chi connectivity index (χ2n) is 10.2. The van der Waals surface area contributed by atoms with Gasteiger partial charge in [-0.25, -0.2) is 8.42 Å². The van der Waals surface area contributed by atoms with Crippen molar-refractivity contribution in [2.75, 3.05) is 0 Å². The van der Waals surface area contributed by atoms with Gasteiger partial charge in [-0.2, -0.15) is 0 Å². The van der Waals surface area contributed by atoms with Gasteiger partial charge >= 0.3 is 0 Å². The molecule has 0 spiro atoms. The Labute approximate surface area is 240 Å². The molecule has 0 aliphatic rings. The number of rotatable bonds is 5. The van der Waals surface area contributed by atoms with Crippen molar-refractivity contribution in [1.82, 2.24) is 0 Å². The summed E-state index contributed by atoms with van der Waals surface area (Å²) in [5.41, 5.74) is 6.55. The Bertz CT molecular complexity index is 2120. The molecule has 0 fully saturated rings. The van der Waals surface area contributed by atoms with Crippen LogP contribution in [0.5, 0.6) is 0 Å². The molecular formula is C38H26O2S. The van der Waals surface area contributed by atoms with Gasteiger partial charge in [0, 0.05) is 0 Å². The topological polar surface area (TPSA) is 34.1 Å². The molecule has 0 saturated heterocycles. The lowest BCUT2D eigenvalue weighted by Crippen LogP contribution is -2.01. The highest BCUT2D eigenvalue weighted by atomic mass is 32.2. The Balaban J connectivity index is 1.55. The van der Waals surface area contributed by atoms with E-state index in [0.29, 0.717) is 4.90 Å². The van der Waals surface area contributed by atoms with Gasteiger partial charge in [0.2, 0.25) is 9.84 Å². The van der Waals surface area contributed by atoms with E-state index in [9.17, 15) is 8.42 Å². The predicted octanol–water partition coefficient (Wildman–Crippen LogP) is 9.83. The normalized spacial score (nSPS) is 11.6. The quantitative estimate of drug-likeness (QED) is 0.201. The van der Waals surface area contributed by atoms with Crippen LogP contribution in [0.4, 0.5) is 0 Å². The molecule has 0 heterocycles. The lowest BCUT2D eigenvalue weighted by Gasteiger charge is -2.20. The number of hydrogen-bond donors (Lipinski definition) is 0. The van der Waals surface area contributed by atoms with Crippen LogP contribution < -0.4 is 0 Å². The zero-order valence-corrected chi connectivity index (χ0v) is 23.1. The molecule has 7 aromatic carbocycles. The average molecular weight is 547 g/mol. The third-order valence-electron chi connectivity index (χ3n) is 7.66. The highest BCUT2D eigenvalue weighted by Gasteiger charge is 2.21. The number of hydrogen-bond acceptors (Lipinski definition) is 2. The minimum absolute atomic E-state index is 0.280. The molecule has 7 rings (SSSR count). The van der Waals surface area contributed by atoms with Crippen molar-refractivity contribution in [3.05, 3.63) is 158 Å². The zero-order chi connectivity index (χ0) is 27.8. The van der Waals surface area contributed by atoms with Crippen molar-refractivity contribution < 1.29 is 8.42 Å². The van der Waals surface area contributed by atoms with Gasteiger partial charge in [-0.1, -0.05) is 115 Å². The van der Waals surface area contributed by atoms with Crippen LogP contribution in [-0.4, -0.2) is 8.42 Å². The molecule has 41 heavy (non-hydrogen) atoms. The van der Waals surface area contributed by atoms with Crippen LogP contribution in [0.1, 0.15) is 0 Å². The summed E-state index contributed by atoms with van der Waals surface area (Å²) in [7, 11) is -3.62. The fraction of sp³-hybridized carbons (Fsp3) is 0. The highest BCUT2D eigenvalue weighted by Crippen LogP contribution is 2.46. The Hall–Kier alpha value is -4.99. The summed E-state index contributed by atoms with van der Waals surface area (Å²) in [5.74, 6) is 0. The molecular weight excluding hydrogens is 520 g/mol. The van der Waals surface area contributed by atoms with Gasteiger partial charge in [-0.15, -0.1) is 0 Å². The van der Waals surface area contributed by atoms with E-state index in [1.54, 1.807) is 36.4 Å². The first kappa shape index (κ1) is 25.0. The fourth-order valence-electron chi connectivity index (χ4n) is 5.68. The summed E-state index contributed by atoms with van der Waals surface area (Å²) < 4.78 is 26.7. The lowest BCUT2D eigenvalue weighted by molar-refractivity contribution is 0.596. The molecule has 0 aliphatic carbocycles. The molecule has 0 unspecified atom stereocenters. The molecule has 0 saturated carbocycles. The molecule has 7 aromatic rings. The Morgan fingerprint density at radius 3 is 1.49 bits per heavy atom. The van der Waals surface area contributed by atoms with Crippen molar-refractivity contribution in [2.45, 2.75) is 9.79 Å². The number of sulfone groups is 1. The third kappa shape index (κ3) is 4.51. The molecule has 0 bridgehead atoms. The van der Waals surface area contributed by atoms with Crippen LogP contribution in [0.2, 0.25) is 0 Å². The Morgan fingerprint density at radius 1 is 0.366 bits per heavy atom. The molecule has 0 aromatic heterocycles. The molecule has 196 valence electrons. The van der Waals surface area contributed by atoms with Crippen LogP contribution in [0, 0.1) is 0 Å². The molecule has 0 amide bonds. The minimum Gasteiger partial charge on any atom is -0.219 e. The summed E-state index contributed by atoms with van der Waals surface area (Å²) >= 11 is 0. The van der Waals surface area contributed by atoms with Gasteiger partial charge < -0.3 is 0 Å². The summed E-state index contributed by atoms with van der Waals surface area (Å²) in [4.78, 5) is 0.573. The predicted molar refractivity (Wildman–Crippen MR) is 170 cm³/mol. The molecule has 0 N–H and O–H groups in total. The highest BCUT2D eigenvalue weighted by molar-refractivity contribution is 7.91. The third-order valence-corrected chi connectivity index (χ3v) is 9.45. The first-order chi connectivity index (χ1) is 20.1. The van der Waals surface area contributed by atoms with E-state index in [1.165, 1.54) is 5.39 Å². The van der Waals surface area contributed by atoms with Crippen LogP contribution in [0.3, 0.4) is 0 Å². The largest absolute Gasteiger partial charge is 0.219 e. The maximum absolute atomic E-state index is 13.4. The minimum atomic E-state index is -3.62. The summed E-state index contributed by atoms with van der Waals surface area (Å²) in [6.45, 7) is 0. The van der Waals surface area contributed by atoms with E-state index in [1.807, 2.05) is 30.3 Å². The van der Waals surface area contributed by atoms with Crippen molar-refractivity contribution in [3.8, 4) is 33.4 Å². The summed E-state index contributed by atoms with van der Waals surface area (Å²) in [5, 5.41) is 4.61. The van der Waals surface area contributed by atoms with Gasteiger partial charge in [0.1, 0.15) is 0 Å². The van der Waals surface area contributed by atoms with Crippen molar-refractivity contribution in [2.24, 2.45) is 0 Å². The number of benzene rings is 7. The van der Waals surface area contributed by atoms with Crippen molar-refractivity contribution >= 4 is 31.4 Å². The first-order valence-corrected chi connectivity index (χ1v) is 15.1. The SMILES string of the molecule is O=S(=O)(c1ccccc1)c1ccc(-c2c(-c3ccccc3)c(-c3ccccc3)cc3cc4ccccc4cc23)cc1. The van der Waals surface area contributed by atoms with Crippen LogP contribution in [-0.2, 0) is 9.84 Å². The van der Waals surface area contributed by atoms with E-state index < -0.39 is 9.84 Å². The fourth-order valence-corrected chi connectivity index (χ4v) is 6.96. The van der Waals surface area contributed by atoms with E-state index in [-0.39, 0.29) is 4.90 Å². The Kier molecular flexibility index (Phi) is 6.22. The maximum atomic E-state index is 13.4. The lowest BCUT2D eigenvalue weighted by atomic mass is 9.83. The second-order valence-corrected chi connectivity index (χ2v) is 12.1. The molecule has 3 heteroatoms. The Morgan fingerprint density at radius 2 is 0.854 bits per heavy atom. The van der Waals surface area contributed by atoms with Crippen molar-refractivity contribution in [3.63, 3.8) is 0 Å². The average Bonchev–Trinajstić information content (AvgIpc) is 3.04. The van der Waals surface area contributed by atoms with E-state index in [4.69, 9.17) is 0 Å². The molecule has 0 atom stereocenters. The monoisotopic (exact) mass is 546 g/mol. The summed E-state index contributed by atoms with van der Waals surface area (Å²) in [6.07, 6.45) is 0. The number of fused-ring (bicyclic) bond motifs is 2. The van der Waals surface area contributed by atoms with E-state index in [2.05, 4.69) is 91.0 Å². The van der Waals surface area contributed by atoms with Crippen molar-refractivity contribution in [1.29, 1.82) is 0 Å². The molecule has 2 nitrogen and oxygen atoms in total. The van der Waals surface area contributed by atoms with E-state index in [0.717, 1.165) is 49.5 Å². The van der Waals surface area contributed by atoms with E-state index >= 15 is 0 Å².